The zero-order chi connectivity index (χ0) is 18.0. The third-order valence-electron chi connectivity index (χ3n) is 6.39. The van der Waals surface area contributed by atoms with Gasteiger partial charge in [-0.3, -0.25) is 0 Å². The number of piperidine rings is 1. The van der Waals surface area contributed by atoms with E-state index >= 15 is 0 Å². The van der Waals surface area contributed by atoms with E-state index in [2.05, 4.69) is 31.4 Å². The molecule has 1 heterocycles. The number of aryl methyl sites for hydroxylation is 1. The fraction of sp³-hybridized carbons (Fsp3) is 0.600. The van der Waals surface area contributed by atoms with Gasteiger partial charge in [0.15, 0.2) is 0 Å². The largest absolute Gasteiger partial charge is 0.243 e. The van der Waals surface area contributed by atoms with Crippen molar-refractivity contribution >= 4 is 18.1 Å². The van der Waals surface area contributed by atoms with Crippen LogP contribution in [0.3, 0.4) is 0 Å². The van der Waals surface area contributed by atoms with Gasteiger partial charge < -0.3 is 0 Å². The predicted octanol–water partition coefficient (Wildman–Crippen LogP) is 4.22. The van der Waals surface area contributed by atoms with E-state index in [4.69, 9.17) is 0 Å². The molecular weight excluding hydrogens is 346 g/mol. The third kappa shape index (κ3) is 2.75. The molecule has 3 nitrogen and oxygen atoms in total. The van der Waals surface area contributed by atoms with Gasteiger partial charge >= 0.3 is 0 Å². The topological polar surface area (TPSA) is 37.4 Å². The van der Waals surface area contributed by atoms with Crippen LogP contribution in [0.4, 0.5) is 0 Å². The fourth-order valence-corrected chi connectivity index (χ4v) is 7.66. The summed E-state index contributed by atoms with van der Waals surface area (Å²) in [7, 11) is -4.67. The Kier molecular flexibility index (Phi) is 3.88. The summed E-state index contributed by atoms with van der Waals surface area (Å²) in [6, 6.07) is 7.53. The lowest BCUT2D eigenvalue weighted by atomic mass is 9.95. The van der Waals surface area contributed by atoms with Gasteiger partial charge in [-0.05, 0) is 43.7 Å². The van der Waals surface area contributed by atoms with Crippen molar-refractivity contribution in [1.82, 2.24) is 4.31 Å². The molecule has 0 unspecified atom stereocenters. The highest BCUT2D eigenvalue weighted by Crippen LogP contribution is 2.72. The van der Waals surface area contributed by atoms with Crippen LogP contribution in [-0.4, -0.2) is 33.4 Å². The molecule has 2 saturated carbocycles. The Hall–Kier alpha value is -0.913. The number of hydrogen-bond donors (Lipinski definition) is 0. The van der Waals surface area contributed by atoms with E-state index in [1.807, 2.05) is 23.4 Å². The van der Waals surface area contributed by atoms with Crippen LogP contribution in [0.15, 0.2) is 40.9 Å². The lowest BCUT2D eigenvalue weighted by Gasteiger charge is -2.32. The zero-order valence-electron chi connectivity index (χ0n) is 15.7. The maximum atomic E-state index is 13.3. The van der Waals surface area contributed by atoms with Gasteiger partial charge in [-0.15, -0.1) is 0 Å². The minimum absolute atomic E-state index is 0.124. The van der Waals surface area contributed by atoms with E-state index in [1.165, 1.54) is 6.42 Å². The highest BCUT2D eigenvalue weighted by Gasteiger charge is 2.73. The molecule has 3 aliphatic rings. The molecule has 0 amide bonds. The molecule has 0 radical (unpaired) electrons. The summed E-state index contributed by atoms with van der Waals surface area (Å²) in [4.78, 5) is 0.450. The van der Waals surface area contributed by atoms with Gasteiger partial charge in [0, 0.05) is 18.0 Å². The quantitative estimate of drug-likeness (QED) is 0.739. The monoisotopic (exact) mass is 375 g/mol. The standard InChI is InChI=1S/C20H29NO2SSi/c1-15-8-10-16(11-9-15)24(22,23)21-14-20(12-13-25(2,3)4)17-6-5-7-18(21)19(17)20/h8-13,17-19H,5-7,14H2,1-4H3/b13-12-/t17-,18+,19-,20-/m0/s1. The average molecular weight is 376 g/mol. The maximum absolute atomic E-state index is 13.3. The molecule has 1 saturated heterocycles. The molecule has 4 atom stereocenters. The Balaban J connectivity index is 1.67. The SMILES string of the molecule is Cc1ccc(S(=O)(=O)N2C[C@]3(/C=C\[Si](C)(C)C)[C@@H]4[C@H]2CCC[C@@H]43)cc1. The number of fused-ring (bicyclic) bond motifs is 1. The second kappa shape index (κ2) is 5.54. The van der Waals surface area contributed by atoms with Crippen molar-refractivity contribution < 1.29 is 8.42 Å². The van der Waals surface area contributed by atoms with Crippen LogP contribution >= 0.6 is 0 Å². The summed E-state index contributed by atoms with van der Waals surface area (Å²) in [5, 5.41) is 0. The normalized spacial score (nSPS) is 35.1. The van der Waals surface area contributed by atoms with Crippen LogP contribution < -0.4 is 0 Å². The van der Waals surface area contributed by atoms with Gasteiger partial charge in [-0.1, -0.05) is 55.5 Å². The van der Waals surface area contributed by atoms with E-state index in [9.17, 15) is 8.42 Å². The van der Waals surface area contributed by atoms with Gasteiger partial charge in [0.25, 0.3) is 0 Å². The Morgan fingerprint density at radius 3 is 2.48 bits per heavy atom. The molecule has 1 aromatic carbocycles. The Bertz CT molecular complexity index is 809. The second-order valence-corrected chi connectivity index (χ2v) is 16.3. The summed E-state index contributed by atoms with van der Waals surface area (Å²) in [6.45, 7) is 9.71. The number of hydrogen-bond acceptors (Lipinski definition) is 2. The minimum Gasteiger partial charge on any atom is -0.207 e. The van der Waals surface area contributed by atoms with Crippen LogP contribution in [-0.2, 0) is 10.0 Å². The molecular formula is C20H29NO2SSi. The second-order valence-electron chi connectivity index (χ2n) is 9.31. The molecule has 5 heteroatoms. The third-order valence-corrected chi connectivity index (χ3v) is 9.44. The first-order chi connectivity index (χ1) is 11.7. The van der Waals surface area contributed by atoms with Crippen LogP contribution in [0.1, 0.15) is 24.8 Å². The van der Waals surface area contributed by atoms with Crippen molar-refractivity contribution in [3.8, 4) is 0 Å². The predicted molar refractivity (Wildman–Crippen MR) is 105 cm³/mol. The minimum atomic E-state index is -3.39. The molecule has 0 bridgehead atoms. The summed E-state index contributed by atoms with van der Waals surface area (Å²) in [5.41, 5.74) is 3.65. The van der Waals surface area contributed by atoms with Crippen LogP contribution in [0.5, 0.6) is 0 Å². The highest BCUT2D eigenvalue weighted by atomic mass is 32.2. The van der Waals surface area contributed by atoms with E-state index < -0.39 is 18.1 Å². The van der Waals surface area contributed by atoms with Crippen LogP contribution in [0.25, 0.3) is 0 Å². The number of rotatable bonds is 4. The van der Waals surface area contributed by atoms with Crippen molar-refractivity contribution in [1.29, 1.82) is 0 Å². The molecule has 3 fully saturated rings. The van der Waals surface area contributed by atoms with Crippen LogP contribution in [0.2, 0.25) is 19.6 Å². The molecule has 4 rings (SSSR count). The molecule has 0 spiro atoms. The first kappa shape index (κ1) is 17.5. The molecule has 136 valence electrons. The van der Waals surface area contributed by atoms with Crippen molar-refractivity contribution in [2.75, 3.05) is 6.54 Å². The first-order valence-electron chi connectivity index (χ1n) is 9.44. The summed E-state index contributed by atoms with van der Waals surface area (Å²) in [6.07, 6.45) is 5.89. The highest BCUT2D eigenvalue weighted by molar-refractivity contribution is 7.89. The number of nitrogens with zero attached hydrogens (tertiary/aromatic N) is 1. The van der Waals surface area contributed by atoms with E-state index in [0.717, 1.165) is 18.4 Å². The van der Waals surface area contributed by atoms with Gasteiger partial charge in [0.05, 0.1) is 13.0 Å². The Morgan fingerprint density at radius 2 is 1.84 bits per heavy atom. The molecule has 25 heavy (non-hydrogen) atoms. The van der Waals surface area contributed by atoms with Crippen molar-refractivity contribution in [3.63, 3.8) is 0 Å². The number of sulfonamides is 1. The fourth-order valence-electron chi connectivity index (χ4n) is 5.11. The first-order valence-corrected chi connectivity index (χ1v) is 14.5. The number of benzene rings is 1. The Labute approximate surface area is 153 Å². The molecule has 0 aromatic heterocycles. The summed E-state index contributed by atoms with van der Waals surface area (Å²) in [5.74, 6) is 1.26. The average Bonchev–Trinajstić information content (AvgIpc) is 3.03. The lowest BCUT2D eigenvalue weighted by Crippen LogP contribution is -2.41. The van der Waals surface area contributed by atoms with Gasteiger partial charge in [0.2, 0.25) is 10.0 Å². The molecule has 1 aromatic rings. The van der Waals surface area contributed by atoms with Crippen LogP contribution in [0, 0.1) is 24.2 Å². The van der Waals surface area contributed by atoms with E-state index in [1.54, 1.807) is 12.1 Å². The summed E-state index contributed by atoms with van der Waals surface area (Å²) >= 11 is 0. The maximum Gasteiger partial charge on any atom is 0.243 e. The van der Waals surface area contributed by atoms with E-state index in [0.29, 0.717) is 23.3 Å². The van der Waals surface area contributed by atoms with Gasteiger partial charge in [-0.25, -0.2) is 8.42 Å². The summed E-state index contributed by atoms with van der Waals surface area (Å²) < 4.78 is 28.4. The molecule has 0 N–H and O–H groups in total. The molecule has 2 aliphatic carbocycles. The van der Waals surface area contributed by atoms with E-state index in [-0.39, 0.29) is 11.5 Å². The lowest BCUT2D eigenvalue weighted by molar-refractivity contribution is 0.250. The zero-order valence-corrected chi connectivity index (χ0v) is 17.5. The molecule has 1 aliphatic heterocycles. The van der Waals surface area contributed by atoms with Crippen molar-refractivity contribution in [2.45, 2.75) is 56.8 Å². The van der Waals surface area contributed by atoms with Crippen molar-refractivity contribution in [3.05, 3.63) is 41.6 Å². The van der Waals surface area contributed by atoms with Crippen molar-refractivity contribution in [2.24, 2.45) is 17.3 Å². The smallest absolute Gasteiger partial charge is 0.207 e. The van der Waals surface area contributed by atoms with Gasteiger partial charge in [0.1, 0.15) is 0 Å². The Morgan fingerprint density at radius 1 is 1.16 bits per heavy atom. The van der Waals surface area contributed by atoms with Gasteiger partial charge in [-0.2, -0.15) is 4.31 Å².